The summed E-state index contributed by atoms with van der Waals surface area (Å²) in [5.41, 5.74) is 2.10. The minimum atomic E-state index is -0.0511. The normalized spacial score (nSPS) is 13.9. The fraction of sp³-hybridized carbons (Fsp3) is 0.400. The Morgan fingerprint density at radius 3 is 3.00 bits per heavy atom. The minimum absolute atomic E-state index is 0.0511. The molecule has 0 aliphatic carbocycles. The average Bonchev–Trinajstić information content (AvgIpc) is 2.90. The molecule has 0 bridgehead atoms. The number of nitrogens with zero attached hydrogens (tertiary/aromatic N) is 4. The molecule has 22 heavy (non-hydrogen) atoms. The molecule has 2 amide bonds. The third-order valence-electron chi connectivity index (χ3n) is 3.69. The molecule has 116 valence electrons. The second kappa shape index (κ2) is 6.08. The summed E-state index contributed by atoms with van der Waals surface area (Å²) in [7, 11) is 1.79. The van der Waals surface area contributed by atoms with E-state index in [9.17, 15) is 4.79 Å². The Kier molecular flexibility index (Phi) is 4.15. The van der Waals surface area contributed by atoms with E-state index in [2.05, 4.69) is 30.9 Å². The van der Waals surface area contributed by atoms with Gasteiger partial charge in [-0.2, -0.15) is 0 Å². The first kappa shape index (κ1) is 15.0. The van der Waals surface area contributed by atoms with E-state index in [1.807, 2.05) is 13.0 Å². The predicted molar refractivity (Wildman–Crippen MR) is 87.8 cm³/mol. The van der Waals surface area contributed by atoms with Gasteiger partial charge in [-0.25, -0.2) is 14.8 Å². The number of amides is 2. The van der Waals surface area contributed by atoms with Crippen molar-refractivity contribution < 1.29 is 4.79 Å². The summed E-state index contributed by atoms with van der Waals surface area (Å²) in [6.45, 7) is 3.10. The van der Waals surface area contributed by atoms with Crippen LogP contribution in [0.5, 0.6) is 0 Å². The number of anilines is 1. The van der Waals surface area contributed by atoms with Crippen molar-refractivity contribution in [1.29, 1.82) is 0 Å². The monoisotopic (exact) mass is 363 g/mol. The SMILES string of the molecule is Cc1cnc(CN(C)C(=O)N2CCCc3cc(Br)cnc32)[nH]1. The van der Waals surface area contributed by atoms with Gasteiger partial charge in [0.25, 0.3) is 0 Å². The predicted octanol–water partition coefficient (Wildman–Crippen LogP) is 2.88. The van der Waals surface area contributed by atoms with Crippen molar-refractivity contribution in [2.45, 2.75) is 26.3 Å². The Hall–Kier alpha value is -1.89. The first-order chi connectivity index (χ1) is 10.5. The zero-order valence-electron chi connectivity index (χ0n) is 12.6. The zero-order chi connectivity index (χ0) is 15.7. The standard InChI is InChI=1S/C15H18BrN5O/c1-10-7-17-13(19-10)9-20(2)15(22)21-5-3-4-11-6-12(16)8-18-14(11)21/h6-8H,3-5,9H2,1-2H3,(H,17,19). The van der Waals surface area contributed by atoms with Crippen LogP contribution in [0.2, 0.25) is 0 Å². The van der Waals surface area contributed by atoms with Crippen molar-refractivity contribution in [1.82, 2.24) is 19.9 Å². The van der Waals surface area contributed by atoms with Crippen LogP contribution in [0.4, 0.5) is 10.6 Å². The number of fused-ring (bicyclic) bond motifs is 1. The number of urea groups is 1. The van der Waals surface area contributed by atoms with Crippen molar-refractivity contribution in [3.8, 4) is 0 Å². The Balaban J connectivity index is 1.78. The lowest BCUT2D eigenvalue weighted by atomic mass is 10.1. The highest BCUT2D eigenvalue weighted by Crippen LogP contribution is 2.28. The van der Waals surface area contributed by atoms with Gasteiger partial charge in [-0.1, -0.05) is 0 Å². The quantitative estimate of drug-likeness (QED) is 0.891. The average molecular weight is 364 g/mol. The number of pyridine rings is 1. The molecule has 1 aliphatic heterocycles. The molecule has 0 saturated carbocycles. The molecular formula is C15H18BrN5O. The second-order valence-electron chi connectivity index (χ2n) is 5.54. The zero-order valence-corrected chi connectivity index (χ0v) is 14.2. The first-order valence-corrected chi connectivity index (χ1v) is 8.01. The molecule has 3 rings (SSSR count). The van der Waals surface area contributed by atoms with Gasteiger partial charge in [-0.15, -0.1) is 0 Å². The number of carbonyl (C=O) groups is 1. The van der Waals surface area contributed by atoms with Crippen molar-refractivity contribution in [2.75, 3.05) is 18.5 Å². The van der Waals surface area contributed by atoms with E-state index in [0.29, 0.717) is 13.1 Å². The van der Waals surface area contributed by atoms with Gasteiger partial charge >= 0.3 is 6.03 Å². The minimum Gasteiger partial charge on any atom is -0.345 e. The van der Waals surface area contributed by atoms with Gasteiger partial charge in [0.15, 0.2) is 0 Å². The molecule has 2 aromatic rings. The fourth-order valence-corrected chi connectivity index (χ4v) is 3.05. The lowest BCUT2D eigenvalue weighted by molar-refractivity contribution is 0.211. The largest absolute Gasteiger partial charge is 0.345 e. The highest BCUT2D eigenvalue weighted by atomic mass is 79.9. The maximum atomic E-state index is 12.7. The number of hydrogen-bond acceptors (Lipinski definition) is 3. The number of rotatable bonds is 2. The van der Waals surface area contributed by atoms with Gasteiger partial charge in [-0.3, -0.25) is 4.90 Å². The van der Waals surface area contributed by atoms with Crippen LogP contribution >= 0.6 is 15.9 Å². The van der Waals surface area contributed by atoms with E-state index >= 15 is 0 Å². The molecule has 7 heteroatoms. The number of aryl methyl sites for hydroxylation is 2. The molecule has 3 heterocycles. The Morgan fingerprint density at radius 2 is 2.27 bits per heavy atom. The first-order valence-electron chi connectivity index (χ1n) is 7.22. The summed E-state index contributed by atoms with van der Waals surface area (Å²) in [6, 6.07) is 1.99. The molecule has 2 aromatic heterocycles. The molecule has 0 fully saturated rings. The van der Waals surface area contributed by atoms with Crippen molar-refractivity contribution in [3.63, 3.8) is 0 Å². The van der Waals surface area contributed by atoms with E-state index in [4.69, 9.17) is 0 Å². The summed E-state index contributed by atoms with van der Waals surface area (Å²) < 4.78 is 0.944. The molecule has 0 unspecified atom stereocenters. The van der Waals surface area contributed by atoms with Gasteiger partial charge < -0.3 is 9.88 Å². The number of hydrogen-bond donors (Lipinski definition) is 1. The van der Waals surface area contributed by atoms with Crippen LogP contribution in [0.25, 0.3) is 0 Å². The van der Waals surface area contributed by atoms with E-state index in [0.717, 1.165) is 40.2 Å². The number of aromatic nitrogens is 3. The van der Waals surface area contributed by atoms with Crippen LogP contribution in [-0.4, -0.2) is 39.5 Å². The van der Waals surface area contributed by atoms with E-state index in [1.54, 1.807) is 29.2 Å². The molecule has 1 N–H and O–H groups in total. The molecule has 1 aliphatic rings. The third-order valence-corrected chi connectivity index (χ3v) is 4.13. The molecule has 0 spiro atoms. The number of H-pyrrole nitrogens is 1. The Morgan fingerprint density at radius 1 is 1.45 bits per heavy atom. The van der Waals surface area contributed by atoms with Crippen LogP contribution < -0.4 is 4.90 Å². The summed E-state index contributed by atoms with van der Waals surface area (Å²) >= 11 is 3.43. The van der Waals surface area contributed by atoms with Crippen LogP contribution in [-0.2, 0) is 13.0 Å². The number of nitrogens with one attached hydrogen (secondary N) is 1. The summed E-state index contributed by atoms with van der Waals surface area (Å²) in [6.07, 6.45) is 5.40. The molecule has 0 radical (unpaired) electrons. The maximum absolute atomic E-state index is 12.7. The van der Waals surface area contributed by atoms with Crippen molar-refractivity contribution in [2.24, 2.45) is 0 Å². The molecule has 0 atom stereocenters. The second-order valence-corrected chi connectivity index (χ2v) is 6.46. The number of carbonyl (C=O) groups excluding carboxylic acids is 1. The van der Waals surface area contributed by atoms with Crippen LogP contribution in [0, 0.1) is 6.92 Å². The van der Waals surface area contributed by atoms with Crippen molar-refractivity contribution in [3.05, 3.63) is 40.0 Å². The highest BCUT2D eigenvalue weighted by Gasteiger charge is 2.26. The molecule has 0 aromatic carbocycles. The highest BCUT2D eigenvalue weighted by molar-refractivity contribution is 9.10. The van der Waals surface area contributed by atoms with Gasteiger partial charge in [0.2, 0.25) is 0 Å². The summed E-state index contributed by atoms with van der Waals surface area (Å²) in [5.74, 6) is 1.55. The lowest BCUT2D eigenvalue weighted by Gasteiger charge is -2.31. The van der Waals surface area contributed by atoms with Gasteiger partial charge in [-0.05, 0) is 47.3 Å². The number of aromatic amines is 1. The number of halogens is 1. The lowest BCUT2D eigenvalue weighted by Crippen LogP contribution is -2.44. The van der Waals surface area contributed by atoms with Crippen LogP contribution in [0.3, 0.4) is 0 Å². The Labute approximate surface area is 137 Å². The van der Waals surface area contributed by atoms with Crippen molar-refractivity contribution >= 4 is 27.8 Å². The maximum Gasteiger partial charge on any atom is 0.325 e. The molecule has 0 saturated heterocycles. The summed E-state index contributed by atoms with van der Waals surface area (Å²) in [5, 5.41) is 0. The fourth-order valence-electron chi connectivity index (χ4n) is 2.67. The van der Waals surface area contributed by atoms with Gasteiger partial charge in [0, 0.05) is 36.2 Å². The van der Waals surface area contributed by atoms with Crippen LogP contribution in [0.1, 0.15) is 23.5 Å². The number of imidazole rings is 1. The molecular weight excluding hydrogens is 346 g/mol. The van der Waals surface area contributed by atoms with Crippen LogP contribution in [0.15, 0.2) is 22.9 Å². The molecule has 6 nitrogen and oxygen atoms in total. The van der Waals surface area contributed by atoms with E-state index < -0.39 is 0 Å². The smallest absolute Gasteiger partial charge is 0.325 e. The van der Waals surface area contributed by atoms with Gasteiger partial charge in [0.1, 0.15) is 11.6 Å². The summed E-state index contributed by atoms with van der Waals surface area (Å²) in [4.78, 5) is 27.9. The Bertz CT molecular complexity index is 699. The topological polar surface area (TPSA) is 65.1 Å². The third kappa shape index (κ3) is 2.99. The van der Waals surface area contributed by atoms with E-state index in [1.165, 1.54) is 0 Å². The van der Waals surface area contributed by atoms with Gasteiger partial charge in [0.05, 0.1) is 6.54 Å². The van der Waals surface area contributed by atoms with E-state index in [-0.39, 0.29) is 6.03 Å².